The summed E-state index contributed by atoms with van der Waals surface area (Å²) >= 11 is 0. The van der Waals surface area contributed by atoms with Gasteiger partial charge >= 0.3 is 6.09 Å². The number of unbranched alkanes of at least 4 members (excludes halogenated alkanes) is 1. The van der Waals surface area contributed by atoms with Crippen LogP contribution in [0.3, 0.4) is 0 Å². The summed E-state index contributed by atoms with van der Waals surface area (Å²) in [5.41, 5.74) is 1.29. The van der Waals surface area contributed by atoms with Crippen molar-refractivity contribution < 1.29 is 23.7 Å². The van der Waals surface area contributed by atoms with Gasteiger partial charge in [0.1, 0.15) is 6.79 Å². The first kappa shape index (κ1) is 25.6. The predicted molar refractivity (Wildman–Crippen MR) is 121 cm³/mol. The Kier molecular flexibility index (Phi) is 12.5. The van der Waals surface area contributed by atoms with Gasteiger partial charge in [-0.3, -0.25) is 0 Å². The molecule has 1 heterocycles. The molecule has 7 nitrogen and oxygen atoms in total. The van der Waals surface area contributed by atoms with Gasteiger partial charge in [0.15, 0.2) is 0 Å². The van der Waals surface area contributed by atoms with Gasteiger partial charge < -0.3 is 18.9 Å². The van der Waals surface area contributed by atoms with Crippen LogP contribution in [-0.2, 0) is 25.4 Å². The van der Waals surface area contributed by atoms with Gasteiger partial charge in [0.2, 0.25) is 0 Å². The summed E-state index contributed by atoms with van der Waals surface area (Å²) < 4.78 is 21.4. The van der Waals surface area contributed by atoms with E-state index in [0.717, 1.165) is 51.5 Å². The van der Waals surface area contributed by atoms with Crippen LogP contribution in [0.5, 0.6) is 0 Å². The van der Waals surface area contributed by atoms with E-state index in [-0.39, 0.29) is 25.0 Å². The van der Waals surface area contributed by atoms with E-state index in [0.29, 0.717) is 19.8 Å². The molecule has 1 aliphatic rings. The molecule has 2 atom stereocenters. The molecule has 31 heavy (non-hydrogen) atoms. The molecule has 0 unspecified atom stereocenters. The lowest BCUT2D eigenvalue weighted by Gasteiger charge is -2.40. The Hall–Kier alpha value is -1.67. The number of amides is 1. The highest BCUT2D eigenvalue weighted by Crippen LogP contribution is 2.26. The standard InChI is InChI=1S/C24H40N2O5/c1-4-5-12-22(15-14-21-10-7-6-8-11-21)26(24(27)29-3)25-16-9-13-23(25)19-31-20-30-18-17-28-2/h6-8,10-11,22-23H,4-5,9,12-20H2,1-3H3/t22-,23+/m1/s1. The summed E-state index contributed by atoms with van der Waals surface area (Å²) in [5.74, 6) is 0. The van der Waals surface area contributed by atoms with Crippen LogP contribution in [0.15, 0.2) is 30.3 Å². The highest BCUT2D eigenvalue weighted by molar-refractivity contribution is 5.67. The Morgan fingerprint density at radius 2 is 1.97 bits per heavy atom. The third-order valence-corrected chi connectivity index (χ3v) is 5.74. The molecule has 0 bridgehead atoms. The summed E-state index contributed by atoms with van der Waals surface area (Å²) in [7, 11) is 3.11. The number of hydrogen-bond donors (Lipinski definition) is 0. The molecule has 1 fully saturated rings. The largest absolute Gasteiger partial charge is 0.452 e. The molecular weight excluding hydrogens is 396 g/mol. The summed E-state index contributed by atoms with van der Waals surface area (Å²) in [5, 5.41) is 4.05. The van der Waals surface area contributed by atoms with Crippen molar-refractivity contribution in [1.82, 2.24) is 10.0 Å². The van der Waals surface area contributed by atoms with Crippen molar-refractivity contribution in [2.24, 2.45) is 0 Å². The SMILES string of the molecule is CCCC[C@H](CCc1ccccc1)N(C(=O)OC)N1CCC[C@H]1COCOCCOC. The van der Waals surface area contributed by atoms with Gasteiger partial charge in [-0.1, -0.05) is 50.1 Å². The minimum atomic E-state index is -0.280. The third kappa shape index (κ3) is 8.77. The Morgan fingerprint density at radius 1 is 1.16 bits per heavy atom. The van der Waals surface area contributed by atoms with E-state index in [4.69, 9.17) is 18.9 Å². The molecule has 2 rings (SSSR count). The molecule has 1 saturated heterocycles. The second-order valence-electron chi connectivity index (χ2n) is 7.98. The maximum Gasteiger partial charge on any atom is 0.424 e. The lowest BCUT2D eigenvalue weighted by Crippen LogP contribution is -2.55. The zero-order valence-corrected chi connectivity index (χ0v) is 19.5. The van der Waals surface area contributed by atoms with Gasteiger partial charge in [-0.05, 0) is 37.7 Å². The van der Waals surface area contributed by atoms with Crippen LogP contribution in [0.4, 0.5) is 4.79 Å². The second-order valence-corrected chi connectivity index (χ2v) is 7.98. The van der Waals surface area contributed by atoms with Crippen LogP contribution >= 0.6 is 0 Å². The molecule has 0 aromatic heterocycles. The fraction of sp³-hybridized carbons (Fsp3) is 0.708. The van der Waals surface area contributed by atoms with Crippen LogP contribution in [0, 0.1) is 0 Å². The molecule has 0 saturated carbocycles. The Bertz CT molecular complexity index is 601. The fourth-order valence-corrected chi connectivity index (χ4v) is 4.08. The number of rotatable bonds is 15. The van der Waals surface area contributed by atoms with Crippen molar-refractivity contribution in [2.45, 2.75) is 64.0 Å². The first-order valence-corrected chi connectivity index (χ1v) is 11.5. The van der Waals surface area contributed by atoms with E-state index in [1.165, 1.54) is 12.7 Å². The highest BCUT2D eigenvalue weighted by Gasteiger charge is 2.37. The van der Waals surface area contributed by atoms with Crippen LogP contribution in [0.1, 0.15) is 51.0 Å². The number of carbonyl (C=O) groups is 1. The van der Waals surface area contributed by atoms with Gasteiger partial charge in [0.05, 0.1) is 39.0 Å². The summed E-state index contributed by atoms with van der Waals surface area (Å²) in [6.45, 7) is 4.85. The molecule has 1 aliphatic heterocycles. The second kappa shape index (κ2) is 15.2. The van der Waals surface area contributed by atoms with Gasteiger partial charge in [0.25, 0.3) is 0 Å². The molecule has 7 heteroatoms. The van der Waals surface area contributed by atoms with E-state index < -0.39 is 0 Å². The predicted octanol–water partition coefficient (Wildman–Crippen LogP) is 4.26. The third-order valence-electron chi connectivity index (χ3n) is 5.74. The number of hydrogen-bond acceptors (Lipinski definition) is 6. The number of benzene rings is 1. The minimum absolute atomic E-state index is 0.103. The fourth-order valence-electron chi connectivity index (χ4n) is 4.08. The topological polar surface area (TPSA) is 60.5 Å². The van der Waals surface area contributed by atoms with Gasteiger partial charge in [-0.2, -0.15) is 0 Å². The van der Waals surface area contributed by atoms with Crippen LogP contribution in [-0.4, -0.2) is 75.6 Å². The minimum Gasteiger partial charge on any atom is -0.452 e. The normalized spacial score (nSPS) is 17.6. The van der Waals surface area contributed by atoms with E-state index in [9.17, 15) is 4.79 Å². The number of hydrazine groups is 1. The smallest absolute Gasteiger partial charge is 0.424 e. The van der Waals surface area contributed by atoms with Crippen molar-refractivity contribution in [1.29, 1.82) is 0 Å². The average molecular weight is 437 g/mol. The van der Waals surface area contributed by atoms with E-state index >= 15 is 0 Å². The summed E-state index contributed by atoms with van der Waals surface area (Å²) in [6.07, 6.45) is 6.72. The van der Waals surface area contributed by atoms with Gasteiger partial charge in [-0.25, -0.2) is 14.8 Å². The van der Waals surface area contributed by atoms with Gasteiger partial charge in [0, 0.05) is 13.7 Å². The molecule has 0 spiro atoms. The molecule has 0 radical (unpaired) electrons. The maximum atomic E-state index is 12.9. The average Bonchev–Trinajstić information content (AvgIpc) is 3.26. The summed E-state index contributed by atoms with van der Waals surface area (Å²) in [6, 6.07) is 10.7. The van der Waals surface area contributed by atoms with Crippen molar-refractivity contribution in [2.75, 3.05) is 47.4 Å². The van der Waals surface area contributed by atoms with Gasteiger partial charge in [-0.15, -0.1) is 0 Å². The molecule has 0 aliphatic carbocycles. The van der Waals surface area contributed by atoms with Crippen molar-refractivity contribution in [3.8, 4) is 0 Å². The molecular formula is C24H40N2O5. The number of nitrogens with zero attached hydrogens (tertiary/aromatic N) is 2. The molecule has 0 N–H and O–H groups in total. The van der Waals surface area contributed by atoms with Crippen molar-refractivity contribution in [3.63, 3.8) is 0 Å². The molecule has 1 aromatic rings. The van der Waals surface area contributed by atoms with Crippen molar-refractivity contribution in [3.05, 3.63) is 35.9 Å². The first-order chi connectivity index (χ1) is 15.2. The van der Waals surface area contributed by atoms with E-state index in [2.05, 4.69) is 36.2 Å². The quantitative estimate of drug-likeness (QED) is 0.302. The Morgan fingerprint density at radius 3 is 2.68 bits per heavy atom. The van der Waals surface area contributed by atoms with E-state index in [1.807, 2.05) is 11.1 Å². The maximum absolute atomic E-state index is 12.9. The Balaban J connectivity index is 2.03. The lowest BCUT2D eigenvalue weighted by atomic mass is 10.0. The first-order valence-electron chi connectivity index (χ1n) is 11.5. The summed E-state index contributed by atoms with van der Waals surface area (Å²) in [4.78, 5) is 12.9. The van der Waals surface area contributed by atoms with Crippen LogP contribution in [0.2, 0.25) is 0 Å². The van der Waals surface area contributed by atoms with E-state index in [1.54, 1.807) is 7.11 Å². The Labute approximate surface area is 187 Å². The van der Waals surface area contributed by atoms with Crippen molar-refractivity contribution >= 4 is 6.09 Å². The molecule has 1 aromatic carbocycles. The monoisotopic (exact) mass is 436 g/mol. The number of carbonyl (C=O) groups excluding carboxylic acids is 1. The number of ether oxygens (including phenoxy) is 4. The van der Waals surface area contributed by atoms with Crippen LogP contribution < -0.4 is 0 Å². The molecule has 1 amide bonds. The molecule has 176 valence electrons. The lowest BCUT2D eigenvalue weighted by molar-refractivity contribution is -0.109. The number of methoxy groups -OCH3 is 2. The zero-order valence-electron chi connectivity index (χ0n) is 19.5. The zero-order chi connectivity index (χ0) is 22.3. The number of aryl methyl sites for hydroxylation is 1. The van der Waals surface area contributed by atoms with Crippen LogP contribution in [0.25, 0.3) is 0 Å². The highest BCUT2D eigenvalue weighted by atomic mass is 16.7.